The molecule has 1 atom stereocenters. The molecule has 2 amide bonds. The third-order valence-electron chi connectivity index (χ3n) is 2.96. The van der Waals surface area contributed by atoms with Crippen LogP contribution in [0.3, 0.4) is 0 Å². The molecule has 1 fully saturated rings. The quantitative estimate of drug-likeness (QED) is 0.734. The molecule has 0 aliphatic carbocycles. The van der Waals surface area contributed by atoms with E-state index in [0.717, 1.165) is 5.56 Å². The molecule has 5 nitrogen and oxygen atoms in total. The molecule has 3 N–H and O–H groups in total. The third kappa shape index (κ3) is 3.72. The maximum Gasteiger partial charge on any atom is 0.315 e. The standard InChI is InChI=1S/C13H18N2O3/c16-12(14-8-11-4-2-1-3-5-11)15-9-13(17)6-7-18-10-13/h1-5,17H,6-10H2,(H2,14,15,16). The highest BCUT2D eigenvalue weighted by atomic mass is 16.5. The maximum absolute atomic E-state index is 11.5. The van der Waals surface area contributed by atoms with Crippen molar-refractivity contribution in [3.8, 4) is 0 Å². The molecule has 18 heavy (non-hydrogen) atoms. The molecule has 5 heteroatoms. The zero-order valence-corrected chi connectivity index (χ0v) is 10.2. The number of carbonyl (C=O) groups excluding carboxylic acids is 1. The number of aliphatic hydroxyl groups is 1. The van der Waals surface area contributed by atoms with E-state index in [1.54, 1.807) is 0 Å². The molecule has 1 aromatic rings. The predicted octanol–water partition coefficient (Wildman–Crippen LogP) is 0.637. The molecule has 1 aliphatic rings. The zero-order valence-electron chi connectivity index (χ0n) is 10.2. The molecule has 0 radical (unpaired) electrons. The summed E-state index contributed by atoms with van der Waals surface area (Å²) < 4.78 is 5.10. The van der Waals surface area contributed by atoms with Crippen LogP contribution in [0.2, 0.25) is 0 Å². The summed E-state index contributed by atoms with van der Waals surface area (Å²) in [5.74, 6) is 0. The maximum atomic E-state index is 11.5. The van der Waals surface area contributed by atoms with Crippen molar-refractivity contribution in [3.05, 3.63) is 35.9 Å². The second-order valence-corrected chi connectivity index (χ2v) is 4.55. The van der Waals surface area contributed by atoms with Gasteiger partial charge in [0.05, 0.1) is 13.2 Å². The molecule has 1 heterocycles. The number of carbonyl (C=O) groups is 1. The Morgan fingerprint density at radius 3 is 2.78 bits per heavy atom. The van der Waals surface area contributed by atoms with Crippen LogP contribution in [0, 0.1) is 0 Å². The summed E-state index contributed by atoms with van der Waals surface area (Å²) in [7, 11) is 0. The summed E-state index contributed by atoms with van der Waals surface area (Å²) >= 11 is 0. The van der Waals surface area contributed by atoms with E-state index in [1.165, 1.54) is 0 Å². The van der Waals surface area contributed by atoms with Gasteiger partial charge in [0.1, 0.15) is 5.60 Å². The lowest BCUT2D eigenvalue weighted by atomic mass is 10.0. The Bertz CT molecular complexity index is 388. The summed E-state index contributed by atoms with van der Waals surface area (Å²) in [6, 6.07) is 9.39. The number of rotatable bonds is 4. The van der Waals surface area contributed by atoms with Gasteiger partial charge in [-0.15, -0.1) is 0 Å². The monoisotopic (exact) mass is 250 g/mol. The Morgan fingerprint density at radius 1 is 1.33 bits per heavy atom. The first kappa shape index (κ1) is 12.9. The van der Waals surface area contributed by atoms with E-state index in [0.29, 0.717) is 19.6 Å². The highest BCUT2D eigenvalue weighted by Crippen LogP contribution is 2.16. The van der Waals surface area contributed by atoms with Crippen LogP contribution in [-0.4, -0.2) is 36.5 Å². The minimum Gasteiger partial charge on any atom is -0.386 e. The van der Waals surface area contributed by atoms with Crippen LogP contribution in [0.5, 0.6) is 0 Å². The van der Waals surface area contributed by atoms with Crippen LogP contribution in [0.4, 0.5) is 4.79 Å². The zero-order chi connectivity index (χ0) is 12.8. The second kappa shape index (κ2) is 5.84. The van der Waals surface area contributed by atoms with Crippen LogP contribution in [0.15, 0.2) is 30.3 Å². The fourth-order valence-corrected chi connectivity index (χ4v) is 1.82. The van der Waals surface area contributed by atoms with Crippen molar-refractivity contribution in [1.82, 2.24) is 10.6 Å². The Kier molecular flexibility index (Phi) is 4.17. The fraction of sp³-hybridized carbons (Fsp3) is 0.462. The van der Waals surface area contributed by atoms with Crippen molar-refractivity contribution in [3.63, 3.8) is 0 Å². The third-order valence-corrected chi connectivity index (χ3v) is 2.96. The van der Waals surface area contributed by atoms with Crippen LogP contribution in [0.25, 0.3) is 0 Å². The van der Waals surface area contributed by atoms with Crippen LogP contribution in [-0.2, 0) is 11.3 Å². The van der Waals surface area contributed by atoms with Gasteiger partial charge >= 0.3 is 6.03 Å². The number of nitrogens with one attached hydrogen (secondary N) is 2. The number of amides is 2. The molecule has 0 spiro atoms. The van der Waals surface area contributed by atoms with E-state index in [2.05, 4.69) is 10.6 Å². The highest BCUT2D eigenvalue weighted by molar-refractivity contribution is 5.73. The van der Waals surface area contributed by atoms with E-state index in [9.17, 15) is 9.90 Å². The van der Waals surface area contributed by atoms with Crippen molar-refractivity contribution in [2.75, 3.05) is 19.8 Å². The van der Waals surface area contributed by atoms with Gasteiger partial charge in [0.15, 0.2) is 0 Å². The largest absolute Gasteiger partial charge is 0.386 e. The first-order chi connectivity index (χ1) is 8.68. The van der Waals surface area contributed by atoms with Gasteiger partial charge in [-0.25, -0.2) is 4.79 Å². The van der Waals surface area contributed by atoms with Crippen LogP contribution < -0.4 is 10.6 Å². The molecule has 1 aromatic carbocycles. The smallest absolute Gasteiger partial charge is 0.315 e. The summed E-state index contributed by atoms with van der Waals surface area (Å²) in [6.45, 7) is 1.52. The van der Waals surface area contributed by atoms with Crippen LogP contribution in [0.1, 0.15) is 12.0 Å². The lowest BCUT2D eigenvalue weighted by Gasteiger charge is -2.20. The number of urea groups is 1. The Labute approximate surface area is 106 Å². The fourth-order valence-electron chi connectivity index (χ4n) is 1.82. The Balaban J connectivity index is 1.69. The molecule has 0 bridgehead atoms. The summed E-state index contributed by atoms with van der Waals surface area (Å²) in [5, 5.41) is 15.4. The SMILES string of the molecule is O=C(NCc1ccccc1)NCC1(O)CCOC1. The van der Waals surface area contributed by atoms with Gasteiger partial charge < -0.3 is 20.5 Å². The van der Waals surface area contributed by atoms with Gasteiger partial charge in [-0.05, 0) is 5.56 Å². The minimum absolute atomic E-state index is 0.216. The van der Waals surface area contributed by atoms with Crippen molar-refractivity contribution < 1.29 is 14.6 Å². The van der Waals surface area contributed by atoms with E-state index in [-0.39, 0.29) is 19.2 Å². The average Bonchev–Trinajstić information content (AvgIpc) is 2.83. The van der Waals surface area contributed by atoms with Gasteiger partial charge in [-0.3, -0.25) is 0 Å². The van der Waals surface area contributed by atoms with Crippen molar-refractivity contribution in [2.45, 2.75) is 18.6 Å². The average molecular weight is 250 g/mol. The molecule has 2 rings (SSSR count). The first-order valence-corrected chi connectivity index (χ1v) is 6.04. The predicted molar refractivity (Wildman–Crippen MR) is 67.1 cm³/mol. The molecule has 1 unspecified atom stereocenters. The molecule has 1 aliphatic heterocycles. The van der Waals surface area contributed by atoms with E-state index >= 15 is 0 Å². The van der Waals surface area contributed by atoms with Gasteiger partial charge in [0, 0.05) is 19.6 Å². The second-order valence-electron chi connectivity index (χ2n) is 4.55. The number of benzene rings is 1. The summed E-state index contributed by atoms with van der Waals surface area (Å²) in [4.78, 5) is 11.5. The topological polar surface area (TPSA) is 70.6 Å². The number of hydrogen-bond acceptors (Lipinski definition) is 3. The van der Waals surface area contributed by atoms with Gasteiger partial charge in [-0.2, -0.15) is 0 Å². The van der Waals surface area contributed by atoms with Gasteiger partial charge in [-0.1, -0.05) is 30.3 Å². The molecular weight excluding hydrogens is 232 g/mol. The normalized spacial score (nSPS) is 22.7. The van der Waals surface area contributed by atoms with Gasteiger partial charge in [0.25, 0.3) is 0 Å². The Morgan fingerprint density at radius 2 is 2.11 bits per heavy atom. The molecule has 1 saturated heterocycles. The van der Waals surface area contributed by atoms with Crippen molar-refractivity contribution in [2.24, 2.45) is 0 Å². The lowest BCUT2D eigenvalue weighted by molar-refractivity contribution is 0.0292. The van der Waals surface area contributed by atoms with Crippen LogP contribution >= 0.6 is 0 Å². The molecular formula is C13H18N2O3. The van der Waals surface area contributed by atoms with E-state index in [4.69, 9.17) is 4.74 Å². The number of hydrogen-bond donors (Lipinski definition) is 3. The molecule has 0 saturated carbocycles. The minimum atomic E-state index is -0.913. The summed E-state index contributed by atoms with van der Waals surface area (Å²) in [6.07, 6.45) is 0.561. The van der Waals surface area contributed by atoms with Crippen molar-refractivity contribution in [1.29, 1.82) is 0 Å². The lowest BCUT2D eigenvalue weighted by Crippen LogP contribution is -2.46. The molecule has 0 aromatic heterocycles. The Hall–Kier alpha value is -1.59. The van der Waals surface area contributed by atoms with E-state index < -0.39 is 5.60 Å². The number of ether oxygens (including phenoxy) is 1. The molecule has 98 valence electrons. The summed E-state index contributed by atoms with van der Waals surface area (Å²) in [5.41, 5.74) is 0.125. The first-order valence-electron chi connectivity index (χ1n) is 6.04. The van der Waals surface area contributed by atoms with Gasteiger partial charge in [0.2, 0.25) is 0 Å². The van der Waals surface area contributed by atoms with Crippen molar-refractivity contribution >= 4 is 6.03 Å². The highest BCUT2D eigenvalue weighted by Gasteiger charge is 2.32. The van der Waals surface area contributed by atoms with E-state index in [1.807, 2.05) is 30.3 Å².